The molecule has 4 aromatic carbocycles. The van der Waals surface area contributed by atoms with Crippen LogP contribution in [-0.4, -0.2) is 77.5 Å². The Hall–Kier alpha value is -3.54. The van der Waals surface area contributed by atoms with Crippen LogP contribution in [-0.2, 0) is 36.8 Å². The Morgan fingerprint density at radius 3 is 2.04 bits per heavy atom. The number of alkyl halides is 3. The van der Waals surface area contributed by atoms with Crippen LogP contribution in [0.25, 0.3) is 0 Å². The Morgan fingerprint density at radius 2 is 1.44 bits per heavy atom. The summed E-state index contributed by atoms with van der Waals surface area (Å²) in [6.07, 6.45) is -4.64. The summed E-state index contributed by atoms with van der Waals surface area (Å²) in [5, 5.41) is 0.501. The zero-order chi connectivity index (χ0) is 38.7. The Morgan fingerprint density at radius 1 is 0.852 bits per heavy atom. The monoisotopic (exact) mass is 797 g/mol. The number of carbonyl (C=O) groups excluding carboxylic acids is 2. The molecule has 2 aliphatic heterocycles. The lowest BCUT2D eigenvalue weighted by molar-refractivity contribution is -0.163. The van der Waals surface area contributed by atoms with Gasteiger partial charge in [0, 0.05) is 76.6 Å². The number of benzene rings is 4. The molecule has 0 aliphatic carbocycles. The van der Waals surface area contributed by atoms with Gasteiger partial charge in [0.25, 0.3) is 0 Å². The van der Waals surface area contributed by atoms with E-state index in [0.717, 1.165) is 27.2 Å². The second-order valence-electron chi connectivity index (χ2n) is 14.5. The molecule has 0 bridgehead atoms. The van der Waals surface area contributed by atoms with Crippen molar-refractivity contribution in [2.45, 2.75) is 60.2 Å². The molecule has 2 aliphatic rings. The molecule has 1 spiro atoms. The second-order valence-corrected chi connectivity index (χ2v) is 17.0. The summed E-state index contributed by atoms with van der Waals surface area (Å²) < 4.78 is 53.7. The third-order valence-electron chi connectivity index (χ3n) is 11.3. The molecule has 12 heteroatoms. The van der Waals surface area contributed by atoms with Crippen LogP contribution < -0.4 is 0 Å². The molecule has 1 unspecified atom stereocenters. The quantitative estimate of drug-likeness (QED) is 0.134. The van der Waals surface area contributed by atoms with Crippen molar-refractivity contribution >= 4 is 46.2 Å². The highest BCUT2D eigenvalue weighted by Crippen LogP contribution is 2.49. The van der Waals surface area contributed by atoms with Crippen molar-refractivity contribution in [2.75, 3.05) is 40.3 Å². The van der Waals surface area contributed by atoms with Crippen molar-refractivity contribution in [3.63, 3.8) is 0 Å². The Bertz CT molecular complexity index is 1890. The molecule has 4 aromatic rings. The van der Waals surface area contributed by atoms with Gasteiger partial charge in [0.1, 0.15) is 12.2 Å². The lowest BCUT2D eigenvalue weighted by atomic mass is 9.81. The van der Waals surface area contributed by atoms with E-state index >= 15 is 0 Å². The summed E-state index contributed by atoms with van der Waals surface area (Å²) in [6.45, 7) is 1.51. The van der Waals surface area contributed by atoms with Gasteiger partial charge in [-0.15, -0.1) is 0 Å². The Kier molecular flexibility index (Phi) is 12.4. The summed E-state index contributed by atoms with van der Waals surface area (Å²) in [4.78, 5) is 32.8. The van der Waals surface area contributed by atoms with Crippen molar-refractivity contribution in [1.82, 2.24) is 14.7 Å². The number of amides is 2. The molecule has 1 saturated heterocycles. The van der Waals surface area contributed by atoms with Crippen molar-refractivity contribution in [3.05, 3.63) is 141 Å². The van der Waals surface area contributed by atoms with Crippen LogP contribution in [0.4, 0.5) is 13.2 Å². The molecule has 2 heterocycles. The van der Waals surface area contributed by atoms with Crippen LogP contribution in [0.15, 0.2) is 103 Å². The first kappa shape index (κ1) is 40.1. The Balaban J connectivity index is 1.35. The zero-order valence-corrected chi connectivity index (χ0v) is 32.7. The van der Waals surface area contributed by atoms with Crippen molar-refractivity contribution in [3.8, 4) is 0 Å². The Labute approximate surface area is 328 Å². The average molecular weight is 799 g/mol. The number of fused-ring (bicyclic) bond motifs is 2. The summed E-state index contributed by atoms with van der Waals surface area (Å²) in [6, 6.07) is 32.5. The molecule has 54 heavy (non-hydrogen) atoms. The summed E-state index contributed by atoms with van der Waals surface area (Å²) >= 11 is 11.9. The van der Waals surface area contributed by atoms with Gasteiger partial charge in [-0.25, -0.2) is 0 Å². The fourth-order valence-electron chi connectivity index (χ4n) is 8.17. The second kappa shape index (κ2) is 16.7. The minimum atomic E-state index is -4.71. The standard InChI is InChI=1S/C42H44Cl2F3N3O3S/c1-48(39(52)27-42(45,46)47)29-40(33-17-18-36(43)37(44)25-33,19-22-50-23-20-41(21-24-50)35-16-10-9-15-32(35)28-54(41)53)49(2)38(51)26-34(30-11-5-3-6-12-30)31-13-7-4-8-14-31/h3-18,25,34H,19-24,26-29H2,1-2H3/t40?,54-/m0/s1. The molecule has 1 fully saturated rings. The average Bonchev–Trinajstić information content (AvgIpc) is 3.43. The smallest absolute Gasteiger partial charge is 0.397 e. The molecule has 0 N–H and O–H groups in total. The van der Waals surface area contributed by atoms with E-state index in [1.807, 2.05) is 78.9 Å². The van der Waals surface area contributed by atoms with Crippen LogP contribution in [0, 0.1) is 0 Å². The van der Waals surface area contributed by atoms with Gasteiger partial charge in [0.2, 0.25) is 11.8 Å². The maximum absolute atomic E-state index is 14.8. The maximum Gasteiger partial charge on any atom is 0.397 e. The molecule has 2 atom stereocenters. The van der Waals surface area contributed by atoms with Crippen LogP contribution >= 0.6 is 23.2 Å². The van der Waals surface area contributed by atoms with Gasteiger partial charge in [-0.3, -0.25) is 9.59 Å². The van der Waals surface area contributed by atoms with Gasteiger partial charge in [-0.2, -0.15) is 13.2 Å². The van der Waals surface area contributed by atoms with E-state index in [0.29, 0.717) is 43.8 Å². The number of piperidine rings is 1. The lowest BCUT2D eigenvalue weighted by Crippen LogP contribution is -2.56. The number of rotatable bonds is 12. The summed E-state index contributed by atoms with van der Waals surface area (Å²) in [5.41, 5.74) is 3.40. The number of carbonyl (C=O) groups is 2. The number of nitrogens with zero attached hydrogens (tertiary/aromatic N) is 3. The van der Waals surface area contributed by atoms with Crippen molar-refractivity contribution in [2.24, 2.45) is 0 Å². The van der Waals surface area contributed by atoms with Crippen LogP contribution in [0.5, 0.6) is 0 Å². The highest BCUT2D eigenvalue weighted by Gasteiger charge is 2.52. The third kappa shape index (κ3) is 8.63. The minimum absolute atomic E-state index is 0.0608. The molecule has 2 amide bonds. The van der Waals surface area contributed by atoms with Crippen LogP contribution in [0.3, 0.4) is 0 Å². The van der Waals surface area contributed by atoms with Gasteiger partial charge in [0.15, 0.2) is 4.75 Å². The highest BCUT2D eigenvalue weighted by atomic mass is 35.5. The first-order chi connectivity index (χ1) is 25.7. The summed E-state index contributed by atoms with van der Waals surface area (Å²) in [7, 11) is 3.00. The van der Waals surface area contributed by atoms with E-state index in [1.54, 1.807) is 30.1 Å². The molecular weight excluding hydrogens is 754 g/mol. The van der Waals surface area contributed by atoms with Gasteiger partial charge < -0.3 is 19.3 Å². The van der Waals surface area contributed by atoms with E-state index in [1.165, 1.54) is 7.05 Å². The fraction of sp³-hybridized carbons (Fsp3) is 0.381. The lowest BCUT2D eigenvalue weighted by Gasteiger charge is -2.47. The molecule has 0 radical (unpaired) electrons. The third-order valence-corrected chi connectivity index (χ3v) is 14.1. The van der Waals surface area contributed by atoms with E-state index in [-0.39, 0.29) is 41.3 Å². The molecule has 0 saturated carbocycles. The van der Waals surface area contributed by atoms with Gasteiger partial charge in [0.05, 0.1) is 15.6 Å². The number of likely N-dealkylation sites (N-methyl/N-ethyl adjacent to an activating group) is 2. The van der Waals surface area contributed by atoms with Crippen LogP contribution in [0.1, 0.15) is 65.8 Å². The van der Waals surface area contributed by atoms with E-state index in [9.17, 15) is 27.3 Å². The number of hydrogen-bond donors (Lipinski definition) is 0. The number of halogens is 5. The predicted octanol–water partition coefficient (Wildman–Crippen LogP) is 8.92. The topological polar surface area (TPSA) is 66.9 Å². The SMILES string of the molecule is CN(CC(CCN1CCC2(CC1)c1ccccc1C[S@+]2[O-])(c1ccc(Cl)c(Cl)c1)N(C)C(=O)CC(c1ccccc1)c1ccccc1)C(=O)CC(F)(F)F. The molecule has 286 valence electrons. The number of hydrogen-bond acceptors (Lipinski definition) is 4. The van der Waals surface area contributed by atoms with Gasteiger partial charge in [-0.1, -0.05) is 114 Å². The van der Waals surface area contributed by atoms with Crippen LogP contribution in [0.2, 0.25) is 10.0 Å². The van der Waals surface area contributed by atoms with E-state index in [2.05, 4.69) is 11.0 Å². The zero-order valence-electron chi connectivity index (χ0n) is 30.3. The van der Waals surface area contributed by atoms with Crippen molar-refractivity contribution in [1.29, 1.82) is 0 Å². The normalized spacial score (nSPS) is 18.0. The summed E-state index contributed by atoms with van der Waals surface area (Å²) in [5.74, 6) is -1.14. The molecular formula is C42H44Cl2F3N3O3S. The van der Waals surface area contributed by atoms with Gasteiger partial charge >= 0.3 is 6.18 Å². The van der Waals surface area contributed by atoms with Crippen molar-refractivity contribution < 1.29 is 27.3 Å². The number of likely N-dealkylation sites (tertiary alicyclic amines) is 1. The van der Waals surface area contributed by atoms with E-state index in [4.69, 9.17) is 23.2 Å². The predicted molar refractivity (Wildman–Crippen MR) is 209 cm³/mol. The largest absolute Gasteiger partial charge is 0.615 e. The van der Waals surface area contributed by atoms with Gasteiger partial charge in [-0.05, 0) is 46.4 Å². The fourth-order valence-corrected chi connectivity index (χ4v) is 10.4. The maximum atomic E-state index is 14.8. The first-order valence-electron chi connectivity index (χ1n) is 18.0. The molecule has 6 rings (SSSR count). The molecule has 0 aromatic heterocycles. The van der Waals surface area contributed by atoms with E-state index < -0.39 is 40.0 Å². The first-order valence-corrected chi connectivity index (χ1v) is 20.1. The highest BCUT2D eigenvalue weighted by molar-refractivity contribution is 7.92. The molecule has 6 nitrogen and oxygen atoms in total. The minimum Gasteiger partial charge on any atom is -0.615 e.